The number of rotatable bonds is 6. The van der Waals surface area contributed by atoms with Crippen LogP contribution in [-0.4, -0.2) is 80.2 Å². The number of hydrogen-bond donors (Lipinski definition) is 1. The van der Waals surface area contributed by atoms with Crippen molar-refractivity contribution in [1.29, 1.82) is 0 Å². The molecule has 0 aromatic heterocycles. The molecule has 4 aliphatic heterocycles. The van der Waals surface area contributed by atoms with E-state index in [-0.39, 0.29) is 49.3 Å². The molecule has 10 heteroatoms. The van der Waals surface area contributed by atoms with Gasteiger partial charge in [0.1, 0.15) is 5.92 Å². The molecule has 0 radical (unpaired) electrons. The molecule has 1 aromatic rings. The topological polar surface area (TPSA) is 119 Å². The van der Waals surface area contributed by atoms with Crippen molar-refractivity contribution in [3.05, 3.63) is 23.8 Å². The molecular weight excluding hydrogens is 428 g/mol. The van der Waals surface area contributed by atoms with Crippen LogP contribution in [0.2, 0.25) is 0 Å². The Labute approximate surface area is 191 Å². The number of fused-ring (bicyclic) bond motifs is 2. The highest BCUT2D eigenvalue weighted by atomic mass is 16.7. The summed E-state index contributed by atoms with van der Waals surface area (Å²) in [6.07, 6.45) is 2.00. The first-order chi connectivity index (χ1) is 16.1. The lowest BCUT2D eigenvalue weighted by Gasteiger charge is -2.30. The number of ether oxygens (including phenoxy) is 3. The molecule has 2 amide bonds. The summed E-state index contributed by atoms with van der Waals surface area (Å²) in [4.78, 5) is 47.9. The van der Waals surface area contributed by atoms with Crippen molar-refractivity contribution in [2.75, 3.05) is 46.2 Å². The SMILES string of the molecule is O=C(CN1CCC(C(=O)c2ccc3c(c2)OCO3)CC1)NCC1=NC(=O)C2COCCC2=N1. The summed E-state index contributed by atoms with van der Waals surface area (Å²) >= 11 is 0. The molecule has 10 nitrogen and oxygen atoms in total. The van der Waals surface area contributed by atoms with Crippen molar-refractivity contribution in [1.82, 2.24) is 10.2 Å². The van der Waals surface area contributed by atoms with Crippen LogP contribution in [-0.2, 0) is 14.3 Å². The molecular formula is C23H26N4O6. The van der Waals surface area contributed by atoms with Crippen LogP contribution in [0.25, 0.3) is 0 Å². The van der Waals surface area contributed by atoms with Gasteiger partial charge in [0, 0.05) is 23.6 Å². The minimum Gasteiger partial charge on any atom is -0.454 e. The lowest BCUT2D eigenvalue weighted by molar-refractivity contribution is -0.123. The molecule has 1 aromatic carbocycles. The number of amidine groups is 1. The fourth-order valence-corrected chi connectivity index (χ4v) is 4.55. The summed E-state index contributed by atoms with van der Waals surface area (Å²) in [6, 6.07) is 5.29. The smallest absolute Gasteiger partial charge is 0.258 e. The van der Waals surface area contributed by atoms with Crippen molar-refractivity contribution in [3.63, 3.8) is 0 Å². The normalized spacial score (nSPS) is 22.9. The van der Waals surface area contributed by atoms with Crippen molar-refractivity contribution < 1.29 is 28.6 Å². The zero-order valence-electron chi connectivity index (χ0n) is 18.2. The fraction of sp³-hybridized carbons (Fsp3) is 0.522. The highest BCUT2D eigenvalue weighted by molar-refractivity contribution is 6.17. The lowest BCUT2D eigenvalue weighted by Crippen LogP contribution is -2.44. The number of amides is 2. The molecule has 0 aliphatic carbocycles. The van der Waals surface area contributed by atoms with Gasteiger partial charge in [0.2, 0.25) is 12.7 Å². The van der Waals surface area contributed by atoms with Crippen LogP contribution >= 0.6 is 0 Å². The number of ketones is 1. The first-order valence-corrected chi connectivity index (χ1v) is 11.3. The molecule has 1 N–H and O–H groups in total. The van der Waals surface area contributed by atoms with Gasteiger partial charge >= 0.3 is 0 Å². The van der Waals surface area contributed by atoms with E-state index < -0.39 is 0 Å². The van der Waals surface area contributed by atoms with Crippen molar-refractivity contribution in [2.45, 2.75) is 19.3 Å². The Morgan fingerprint density at radius 2 is 1.94 bits per heavy atom. The quantitative estimate of drug-likeness (QED) is 0.633. The summed E-state index contributed by atoms with van der Waals surface area (Å²) in [5.74, 6) is 0.859. The van der Waals surface area contributed by atoms with E-state index in [0.29, 0.717) is 68.5 Å². The number of benzene rings is 1. The fourth-order valence-electron chi connectivity index (χ4n) is 4.55. The van der Waals surface area contributed by atoms with Gasteiger partial charge in [0.05, 0.1) is 26.3 Å². The van der Waals surface area contributed by atoms with Gasteiger partial charge in [-0.1, -0.05) is 0 Å². The predicted octanol–water partition coefficient (Wildman–Crippen LogP) is 0.842. The van der Waals surface area contributed by atoms with Crippen molar-refractivity contribution >= 4 is 29.1 Å². The van der Waals surface area contributed by atoms with Gasteiger partial charge in [0.25, 0.3) is 5.91 Å². The van der Waals surface area contributed by atoms with Crippen LogP contribution < -0.4 is 14.8 Å². The Bertz CT molecular complexity index is 1030. The second-order valence-corrected chi connectivity index (χ2v) is 8.61. The monoisotopic (exact) mass is 454 g/mol. The molecule has 5 rings (SSSR count). The first-order valence-electron chi connectivity index (χ1n) is 11.3. The van der Waals surface area contributed by atoms with E-state index in [4.69, 9.17) is 14.2 Å². The Morgan fingerprint density at radius 3 is 2.79 bits per heavy atom. The van der Waals surface area contributed by atoms with Gasteiger partial charge in [-0.25, -0.2) is 4.99 Å². The standard InChI is InChI=1S/C23H26N4O6/c28-21(24-10-20-25-17-5-8-31-12-16(17)23(30)26-20)11-27-6-3-14(4-7-27)22(29)15-1-2-18-19(9-15)33-13-32-18/h1-2,9,14,16H,3-8,10-13H2,(H,24,28). The maximum absolute atomic E-state index is 12.9. The average molecular weight is 454 g/mol. The van der Waals surface area contributed by atoms with Crippen LogP contribution in [0.3, 0.4) is 0 Å². The number of nitrogens with one attached hydrogen (secondary N) is 1. The van der Waals surface area contributed by atoms with Gasteiger partial charge in [0.15, 0.2) is 23.1 Å². The number of likely N-dealkylation sites (tertiary alicyclic amines) is 1. The maximum atomic E-state index is 12.9. The van der Waals surface area contributed by atoms with Crippen LogP contribution in [0.5, 0.6) is 11.5 Å². The molecule has 4 aliphatic rings. The third-order valence-corrected chi connectivity index (χ3v) is 6.43. The minimum absolute atomic E-state index is 0.0736. The van der Waals surface area contributed by atoms with E-state index in [1.165, 1.54) is 0 Å². The molecule has 4 heterocycles. The van der Waals surface area contributed by atoms with E-state index in [1.807, 2.05) is 4.90 Å². The van der Waals surface area contributed by atoms with E-state index in [2.05, 4.69) is 15.3 Å². The highest BCUT2D eigenvalue weighted by Gasteiger charge is 2.32. The van der Waals surface area contributed by atoms with Gasteiger partial charge in [-0.05, 0) is 44.1 Å². The molecule has 0 spiro atoms. The molecule has 33 heavy (non-hydrogen) atoms. The predicted molar refractivity (Wildman–Crippen MR) is 118 cm³/mol. The van der Waals surface area contributed by atoms with Gasteiger partial charge in [-0.2, -0.15) is 4.99 Å². The Kier molecular flexibility index (Phi) is 6.19. The lowest BCUT2D eigenvalue weighted by atomic mass is 9.88. The summed E-state index contributed by atoms with van der Waals surface area (Å²) < 4.78 is 16.0. The third-order valence-electron chi connectivity index (χ3n) is 6.43. The number of carbonyl (C=O) groups is 3. The number of carbonyl (C=O) groups excluding carboxylic acids is 3. The highest BCUT2D eigenvalue weighted by Crippen LogP contribution is 2.34. The average Bonchev–Trinajstić information content (AvgIpc) is 3.31. The molecule has 2 saturated heterocycles. The molecule has 174 valence electrons. The van der Waals surface area contributed by atoms with E-state index in [0.717, 1.165) is 5.71 Å². The van der Waals surface area contributed by atoms with Gasteiger partial charge < -0.3 is 19.5 Å². The number of hydrogen-bond acceptors (Lipinski definition) is 8. The third kappa shape index (κ3) is 4.81. The Morgan fingerprint density at radius 1 is 1.12 bits per heavy atom. The number of nitrogens with zero attached hydrogens (tertiary/aromatic N) is 3. The number of piperidine rings is 1. The second-order valence-electron chi connectivity index (χ2n) is 8.61. The number of Topliss-reactive ketones (excluding diaryl/α,β-unsaturated/α-hetero) is 1. The van der Waals surface area contributed by atoms with Gasteiger partial charge in [-0.15, -0.1) is 0 Å². The molecule has 2 fully saturated rings. The van der Waals surface area contributed by atoms with E-state index >= 15 is 0 Å². The van der Waals surface area contributed by atoms with Crippen LogP contribution in [0.1, 0.15) is 29.6 Å². The van der Waals surface area contributed by atoms with Crippen LogP contribution in [0, 0.1) is 11.8 Å². The summed E-state index contributed by atoms with van der Waals surface area (Å²) in [5.41, 5.74) is 1.42. The molecule has 0 saturated carbocycles. The largest absolute Gasteiger partial charge is 0.454 e. The Hall–Kier alpha value is -3.11. The molecule has 1 unspecified atom stereocenters. The molecule has 1 atom stereocenters. The minimum atomic E-state index is -0.375. The maximum Gasteiger partial charge on any atom is 0.258 e. The van der Waals surface area contributed by atoms with E-state index in [9.17, 15) is 14.4 Å². The summed E-state index contributed by atoms with van der Waals surface area (Å²) in [6.45, 7) is 2.75. The zero-order chi connectivity index (χ0) is 22.8. The van der Waals surface area contributed by atoms with Crippen molar-refractivity contribution in [3.8, 4) is 11.5 Å². The number of aliphatic imine (C=N–C) groups is 2. The first kappa shape index (κ1) is 21.7. The summed E-state index contributed by atoms with van der Waals surface area (Å²) in [7, 11) is 0. The zero-order valence-corrected chi connectivity index (χ0v) is 18.2. The van der Waals surface area contributed by atoms with Crippen molar-refractivity contribution in [2.24, 2.45) is 21.8 Å². The van der Waals surface area contributed by atoms with Crippen LogP contribution in [0.4, 0.5) is 0 Å². The Balaban J connectivity index is 1.07. The summed E-state index contributed by atoms with van der Waals surface area (Å²) in [5, 5.41) is 2.80. The van der Waals surface area contributed by atoms with E-state index in [1.54, 1.807) is 18.2 Å². The van der Waals surface area contributed by atoms with Gasteiger partial charge in [-0.3, -0.25) is 19.3 Å². The second kappa shape index (κ2) is 9.40. The van der Waals surface area contributed by atoms with Crippen LogP contribution in [0.15, 0.2) is 28.2 Å². The molecule has 0 bridgehead atoms.